The molecule has 1 heterocycles. The fraction of sp³-hybridized carbons (Fsp3) is 0.556. The largest absolute Gasteiger partial charge is 0.453 e. The fourth-order valence-corrected chi connectivity index (χ4v) is 1.62. The molecule has 1 atom stereocenters. The van der Waals surface area contributed by atoms with Gasteiger partial charge < -0.3 is 10.2 Å². The summed E-state index contributed by atoms with van der Waals surface area (Å²) in [6.45, 7) is 4.22. The number of halogens is 2. The number of furan rings is 1. The van der Waals surface area contributed by atoms with Crippen LogP contribution in [0.5, 0.6) is 0 Å². The summed E-state index contributed by atoms with van der Waals surface area (Å²) >= 11 is 6.65. The molecule has 2 N–H and O–H groups in total. The van der Waals surface area contributed by atoms with Gasteiger partial charge in [0, 0.05) is 12.5 Å². The van der Waals surface area contributed by atoms with Crippen molar-refractivity contribution in [3.05, 3.63) is 21.0 Å². The molecule has 0 aromatic carbocycles. The maximum absolute atomic E-state index is 5.92. The summed E-state index contributed by atoms with van der Waals surface area (Å²) in [5.74, 6) is 1.39. The number of nitrogens with two attached hydrogens (primary N) is 1. The van der Waals surface area contributed by atoms with Crippen LogP contribution < -0.4 is 5.73 Å². The zero-order chi connectivity index (χ0) is 10.0. The topological polar surface area (TPSA) is 39.2 Å². The Kier molecular flexibility index (Phi) is 4.01. The minimum absolute atomic E-state index is 0.157. The van der Waals surface area contributed by atoms with E-state index in [1.807, 2.05) is 6.07 Å². The zero-order valence-electron chi connectivity index (χ0n) is 7.68. The Hall–Kier alpha value is 0.200. The molecule has 0 amide bonds. The Balaban J connectivity index is 2.64. The van der Waals surface area contributed by atoms with Crippen LogP contribution in [0.2, 0.25) is 0 Å². The highest BCUT2D eigenvalue weighted by Gasteiger charge is 2.12. The second-order valence-electron chi connectivity index (χ2n) is 3.45. The summed E-state index contributed by atoms with van der Waals surface area (Å²) in [5.41, 5.74) is 5.92. The Morgan fingerprint density at radius 1 is 1.46 bits per heavy atom. The molecule has 0 bridgehead atoms. The Morgan fingerprint density at radius 2 is 2.08 bits per heavy atom. The van der Waals surface area contributed by atoms with Crippen LogP contribution in [0.25, 0.3) is 0 Å². The zero-order valence-corrected chi connectivity index (χ0v) is 10.9. The maximum atomic E-state index is 5.92. The van der Waals surface area contributed by atoms with Crippen molar-refractivity contribution < 1.29 is 4.42 Å². The van der Waals surface area contributed by atoms with Crippen molar-refractivity contribution in [3.63, 3.8) is 0 Å². The lowest BCUT2D eigenvalue weighted by atomic mass is 10.0. The lowest BCUT2D eigenvalue weighted by Gasteiger charge is -2.13. The van der Waals surface area contributed by atoms with E-state index in [1.165, 1.54) is 0 Å². The van der Waals surface area contributed by atoms with Gasteiger partial charge in [-0.25, -0.2) is 0 Å². The maximum Gasteiger partial charge on any atom is 0.183 e. The first-order chi connectivity index (χ1) is 6.00. The summed E-state index contributed by atoms with van der Waals surface area (Å²) in [5, 5.41) is 0. The van der Waals surface area contributed by atoms with E-state index in [0.29, 0.717) is 5.92 Å². The average molecular weight is 311 g/mol. The highest BCUT2D eigenvalue weighted by molar-refractivity contribution is 9.13. The van der Waals surface area contributed by atoms with Gasteiger partial charge in [-0.15, -0.1) is 0 Å². The highest BCUT2D eigenvalue weighted by Crippen LogP contribution is 2.27. The summed E-state index contributed by atoms with van der Waals surface area (Å²) < 4.78 is 7.10. The van der Waals surface area contributed by atoms with Crippen LogP contribution in [0.15, 0.2) is 19.6 Å². The van der Waals surface area contributed by atoms with Crippen molar-refractivity contribution >= 4 is 31.9 Å². The third-order valence-corrected chi connectivity index (χ3v) is 3.70. The van der Waals surface area contributed by atoms with Crippen molar-refractivity contribution in [1.82, 2.24) is 0 Å². The number of hydrogen-bond donors (Lipinski definition) is 1. The molecule has 74 valence electrons. The first-order valence-electron chi connectivity index (χ1n) is 4.20. The van der Waals surface area contributed by atoms with Gasteiger partial charge in [0.1, 0.15) is 5.76 Å². The Morgan fingerprint density at radius 3 is 2.46 bits per heavy atom. The molecular weight excluding hydrogens is 298 g/mol. The molecule has 1 aromatic heterocycles. The predicted molar refractivity (Wildman–Crippen MR) is 60.6 cm³/mol. The van der Waals surface area contributed by atoms with Crippen LogP contribution in [0.4, 0.5) is 0 Å². The van der Waals surface area contributed by atoms with Crippen molar-refractivity contribution in [2.75, 3.05) is 0 Å². The van der Waals surface area contributed by atoms with Crippen LogP contribution in [0, 0.1) is 5.92 Å². The van der Waals surface area contributed by atoms with Gasteiger partial charge >= 0.3 is 0 Å². The highest BCUT2D eigenvalue weighted by atomic mass is 79.9. The molecule has 1 unspecified atom stereocenters. The Labute approximate surface area is 95.1 Å². The van der Waals surface area contributed by atoms with Crippen LogP contribution in [-0.4, -0.2) is 6.04 Å². The molecule has 2 nitrogen and oxygen atoms in total. The monoisotopic (exact) mass is 309 g/mol. The van der Waals surface area contributed by atoms with Gasteiger partial charge in [-0.2, -0.15) is 0 Å². The molecule has 0 aliphatic heterocycles. The third kappa shape index (κ3) is 3.11. The van der Waals surface area contributed by atoms with Gasteiger partial charge in [0.25, 0.3) is 0 Å². The molecule has 13 heavy (non-hydrogen) atoms. The van der Waals surface area contributed by atoms with Crippen molar-refractivity contribution in [1.29, 1.82) is 0 Å². The molecule has 4 heteroatoms. The Bertz CT molecular complexity index is 264. The quantitative estimate of drug-likeness (QED) is 0.930. The molecule has 1 aromatic rings. The lowest BCUT2D eigenvalue weighted by molar-refractivity contribution is 0.421. The minimum atomic E-state index is 0.157. The van der Waals surface area contributed by atoms with E-state index in [1.54, 1.807) is 0 Å². The van der Waals surface area contributed by atoms with Crippen molar-refractivity contribution in [2.45, 2.75) is 26.3 Å². The number of rotatable bonds is 3. The van der Waals surface area contributed by atoms with E-state index in [4.69, 9.17) is 10.2 Å². The van der Waals surface area contributed by atoms with Crippen LogP contribution in [0.3, 0.4) is 0 Å². The second-order valence-corrected chi connectivity index (χ2v) is 5.02. The van der Waals surface area contributed by atoms with E-state index < -0.39 is 0 Å². The molecular formula is C9H13Br2NO. The minimum Gasteiger partial charge on any atom is -0.453 e. The molecule has 0 aliphatic rings. The first kappa shape index (κ1) is 11.3. The van der Waals surface area contributed by atoms with E-state index in [9.17, 15) is 0 Å². The van der Waals surface area contributed by atoms with Crippen molar-refractivity contribution in [3.8, 4) is 0 Å². The summed E-state index contributed by atoms with van der Waals surface area (Å²) in [4.78, 5) is 0. The predicted octanol–water partition coefficient (Wildman–Crippen LogP) is 3.33. The summed E-state index contributed by atoms with van der Waals surface area (Å²) in [6, 6.07) is 2.11. The van der Waals surface area contributed by atoms with E-state index in [-0.39, 0.29) is 6.04 Å². The average Bonchev–Trinajstić information content (AvgIpc) is 2.31. The van der Waals surface area contributed by atoms with Crippen LogP contribution in [-0.2, 0) is 6.42 Å². The van der Waals surface area contributed by atoms with Crippen LogP contribution >= 0.6 is 31.9 Å². The lowest BCUT2D eigenvalue weighted by Crippen LogP contribution is -2.28. The smallest absolute Gasteiger partial charge is 0.183 e. The first-order valence-corrected chi connectivity index (χ1v) is 5.78. The summed E-state index contributed by atoms with van der Waals surface area (Å²) in [6.07, 6.45) is 0.780. The molecule has 0 aliphatic carbocycles. The van der Waals surface area contributed by atoms with E-state index in [0.717, 1.165) is 21.3 Å². The van der Waals surface area contributed by atoms with Gasteiger partial charge in [0.15, 0.2) is 4.67 Å². The third-order valence-electron chi connectivity index (χ3n) is 1.99. The molecule has 0 saturated heterocycles. The van der Waals surface area contributed by atoms with Gasteiger partial charge in [-0.1, -0.05) is 13.8 Å². The fourth-order valence-electron chi connectivity index (χ4n) is 0.960. The van der Waals surface area contributed by atoms with Gasteiger partial charge in [-0.3, -0.25) is 0 Å². The van der Waals surface area contributed by atoms with Gasteiger partial charge in [0.05, 0.1) is 4.47 Å². The molecule has 1 rings (SSSR count). The van der Waals surface area contributed by atoms with Crippen LogP contribution in [0.1, 0.15) is 19.6 Å². The molecule has 0 spiro atoms. The SMILES string of the molecule is CC(C)C(N)Cc1cc(Br)c(Br)o1. The van der Waals surface area contributed by atoms with E-state index >= 15 is 0 Å². The van der Waals surface area contributed by atoms with E-state index in [2.05, 4.69) is 45.7 Å². The number of hydrogen-bond acceptors (Lipinski definition) is 2. The summed E-state index contributed by atoms with van der Waals surface area (Å²) in [7, 11) is 0. The van der Waals surface area contributed by atoms with Crippen molar-refractivity contribution in [2.24, 2.45) is 11.7 Å². The van der Waals surface area contributed by atoms with Gasteiger partial charge in [-0.05, 0) is 43.8 Å². The standard InChI is InChI=1S/C9H13Br2NO/c1-5(2)8(12)4-6-3-7(10)9(11)13-6/h3,5,8H,4,12H2,1-2H3. The molecule has 0 saturated carbocycles. The molecule has 0 radical (unpaired) electrons. The molecule has 0 fully saturated rings. The normalized spacial score (nSPS) is 13.7. The second kappa shape index (κ2) is 4.62. The van der Waals surface area contributed by atoms with Gasteiger partial charge in [0.2, 0.25) is 0 Å².